The predicted molar refractivity (Wildman–Crippen MR) is 256 cm³/mol. The number of hydrogen-bond acceptors (Lipinski definition) is 3. The van der Waals surface area contributed by atoms with Crippen LogP contribution >= 0.6 is 0 Å². The van der Waals surface area contributed by atoms with Gasteiger partial charge in [-0.1, -0.05) is 176 Å². The molecule has 62 heavy (non-hydrogen) atoms. The van der Waals surface area contributed by atoms with Crippen LogP contribution in [0.4, 0.5) is 17.1 Å². The van der Waals surface area contributed by atoms with Gasteiger partial charge in [0, 0.05) is 32.9 Å². The smallest absolute Gasteiger partial charge is 0.160 e. The molecule has 0 atom stereocenters. The molecule has 290 valence electrons. The van der Waals surface area contributed by atoms with Gasteiger partial charge in [-0.15, -0.1) is 0 Å². The Hall–Kier alpha value is -8.14. The van der Waals surface area contributed by atoms with Crippen LogP contribution in [0.5, 0.6) is 0 Å². The number of para-hydroxylation sites is 2. The summed E-state index contributed by atoms with van der Waals surface area (Å²) in [5.74, 6) is 0. The molecule has 2 aromatic heterocycles. The van der Waals surface area contributed by atoms with Gasteiger partial charge in [0.2, 0.25) is 0 Å². The number of fused-ring (bicyclic) bond motifs is 11. The molecular weight excluding hydrogens is 755 g/mol. The predicted octanol–water partition coefficient (Wildman–Crippen LogP) is 16.1. The van der Waals surface area contributed by atoms with Crippen molar-refractivity contribution in [3.05, 3.63) is 247 Å². The van der Waals surface area contributed by atoms with Gasteiger partial charge in [0.05, 0.1) is 11.1 Å². The average molecular weight is 792 g/mol. The van der Waals surface area contributed by atoms with Crippen LogP contribution in [0.2, 0.25) is 0 Å². The molecule has 13 rings (SSSR count). The Morgan fingerprint density at radius 2 is 0.935 bits per heavy atom. The molecule has 0 saturated heterocycles. The maximum absolute atomic E-state index is 7.25. The summed E-state index contributed by atoms with van der Waals surface area (Å²) in [6.45, 7) is 0. The topological polar surface area (TPSA) is 29.5 Å². The van der Waals surface area contributed by atoms with E-state index in [4.69, 9.17) is 8.83 Å². The van der Waals surface area contributed by atoms with E-state index in [-0.39, 0.29) is 0 Å². The molecule has 10 aromatic carbocycles. The molecule has 0 spiro atoms. The second-order valence-corrected chi connectivity index (χ2v) is 16.3. The van der Waals surface area contributed by atoms with Gasteiger partial charge in [-0.2, -0.15) is 0 Å². The van der Waals surface area contributed by atoms with Crippen LogP contribution in [-0.4, -0.2) is 0 Å². The van der Waals surface area contributed by atoms with E-state index in [1.807, 2.05) is 6.07 Å². The van der Waals surface area contributed by atoms with Gasteiger partial charge in [-0.3, -0.25) is 0 Å². The fourth-order valence-corrected chi connectivity index (χ4v) is 10.6. The fraction of sp³-hybridized carbons (Fsp3) is 0.0169. The number of benzene rings is 10. The Kier molecular flexibility index (Phi) is 7.52. The average Bonchev–Trinajstić information content (AvgIpc) is 4.01. The SMILES string of the molecule is c1ccc(N(c2ccc3c(c2)C(c2ccccc2)(c2ccccc2)c2ccccc2-3)c2ccc(-c3cccc4ccccc34)c3c2oc2ccc4oc5ccccc5c4c23)cc1. The third kappa shape index (κ3) is 4.88. The van der Waals surface area contributed by atoms with Crippen LogP contribution in [0.15, 0.2) is 233 Å². The van der Waals surface area contributed by atoms with Crippen molar-refractivity contribution >= 4 is 71.7 Å². The minimum atomic E-state index is -0.548. The highest BCUT2D eigenvalue weighted by Crippen LogP contribution is 2.58. The monoisotopic (exact) mass is 791 g/mol. The summed E-state index contributed by atoms with van der Waals surface area (Å²) in [5.41, 5.74) is 15.6. The van der Waals surface area contributed by atoms with Gasteiger partial charge in [0.15, 0.2) is 5.58 Å². The molecule has 0 bridgehead atoms. The van der Waals surface area contributed by atoms with E-state index < -0.39 is 5.41 Å². The summed E-state index contributed by atoms with van der Waals surface area (Å²) < 4.78 is 13.8. The first kappa shape index (κ1) is 34.7. The molecule has 0 fully saturated rings. The molecule has 0 aliphatic heterocycles. The van der Waals surface area contributed by atoms with Gasteiger partial charge >= 0.3 is 0 Å². The standard InChI is InChI=1S/C59H37NO2/c1-4-19-39(20-5-1)59(40-21-6-2-7-22-40)49-29-14-12-26-45(49)46-32-31-42(37-50(46)59)60(41-23-8-3-9-24-41)51-34-33-47(44-28-16-18-38-17-10-11-25-43(38)44)56-57-54(62-58(51)56)36-35-53-55(57)48-27-13-15-30-52(48)61-53/h1-37H. The Morgan fingerprint density at radius 1 is 0.339 bits per heavy atom. The van der Waals surface area contributed by atoms with Crippen molar-refractivity contribution in [1.29, 1.82) is 0 Å². The van der Waals surface area contributed by atoms with Crippen molar-refractivity contribution in [3.63, 3.8) is 0 Å². The third-order valence-corrected chi connectivity index (χ3v) is 13.1. The first-order valence-corrected chi connectivity index (χ1v) is 21.3. The number of furan rings is 2. The first-order chi connectivity index (χ1) is 30.8. The zero-order valence-corrected chi connectivity index (χ0v) is 33.6. The Bertz CT molecular complexity index is 3650. The van der Waals surface area contributed by atoms with E-state index in [1.54, 1.807) is 0 Å². The zero-order chi connectivity index (χ0) is 40.8. The van der Waals surface area contributed by atoms with Crippen LogP contribution in [0.1, 0.15) is 22.3 Å². The van der Waals surface area contributed by atoms with Gasteiger partial charge in [0.25, 0.3) is 0 Å². The molecule has 0 saturated carbocycles. The summed E-state index contributed by atoms with van der Waals surface area (Å²) in [6.07, 6.45) is 0. The Balaban J connectivity index is 1.14. The van der Waals surface area contributed by atoms with Crippen LogP contribution in [0.3, 0.4) is 0 Å². The molecule has 12 aromatic rings. The molecule has 2 heterocycles. The molecule has 0 N–H and O–H groups in total. The van der Waals surface area contributed by atoms with E-state index in [1.165, 1.54) is 44.2 Å². The van der Waals surface area contributed by atoms with Crippen LogP contribution in [0, 0.1) is 0 Å². The maximum Gasteiger partial charge on any atom is 0.160 e. The minimum Gasteiger partial charge on any atom is -0.456 e. The summed E-state index contributed by atoms with van der Waals surface area (Å²) in [5, 5.41) is 6.63. The highest BCUT2D eigenvalue weighted by Gasteiger charge is 2.46. The third-order valence-electron chi connectivity index (χ3n) is 13.1. The van der Waals surface area contributed by atoms with Crippen molar-refractivity contribution in [1.82, 2.24) is 0 Å². The van der Waals surface area contributed by atoms with E-state index >= 15 is 0 Å². The first-order valence-electron chi connectivity index (χ1n) is 21.3. The zero-order valence-electron chi connectivity index (χ0n) is 33.6. The van der Waals surface area contributed by atoms with Gasteiger partial charge in [-0.05, 0) is 104 Å². The van der Waals surface area contributed by atoms with Gasteiger partial charge < -0.3 is 13.7 Å². The molecule has 3 nitrogen and oxygen atoms in total. The van der Waals surface area contributed by atoms with E-state index in [2.05, 4.69) is 223 Å². The van der Waals surface area contributed by atoms with E-state index in [9.17, 15) is 0 Å². The highest BCUT2D eigenvalue weighted by molar-refractivity contribution is 6.30. The maximum atomic E-state index is 7.25. The summed E-state index contributed by atoms with van der Waals surface area (Å²) in [4.78, 5) is 2.38. The van der Waals surface area contributed by atoms with Crippen LogP contribution in [0.25, 0.3) is 76.9 Å². The Labute approximate surface area is 358 Å². The van der Waals surface area contributed by atoms with Gasteiger partial charge in [-0.25, -0.2) is 0 Å². The minimum absolute atomic E-state index is 0.548. The van der Waals surface area contributed by atoms with E-state index in [0.29, 0.717) is 0 Å². The number of rotatable bonds is 6. The summed E-state index contributed by atoms with van der Waals surface area (Å²) in [6, 6.07) is 80.9. The van der Waals surface area contributed by atoms with Gasteiger partial charge in [0.1, 0.15) is 16.7 Å². The molecule has 3 heteroatoms. The number of anilines is 3. The largest absolute Gasteiger partial charge is 0.456 e. The summed E-state index contributed by atoms with van der Waals surface area (Å²) in [7, 11) is 0. The Morgan fingerprint density at radius 3 is 1.73 bits per heavy atom. The van der Waals surface area contributed by atoms with Crippen molar-refractivity contribution in [2.45, 2.75) is 5.41 Å². The second-order valence-electron chi connectivity index (χ2n) is 16.3. The molecular formula is C59H37NO2. The lowest BCUT2D eigenvalue weighted by Gasteiger charge is -2.35. The fourth-order valence-electron chi connectivity index (χ4n) is 10.6. The summed E-state index contributed by atoms with van der Waals surface area (Å²) >= 11 is 0. The number of hydrogen-bond donors (Lipinski definition) is 0. The second kappa shape index (κ2) is 13.4. The molecule has 1 aliphatic carbocycles. The lowest BCUT2D eigenvalue weighted by Crippen LogP contribution is -2.28. The van der Waals surface area contributed by atoms with Crippen molar-refractivity contribution in [2.24, 2.45) is 0 Å². The molecule has 0 amide bonds. The molecule has 0 radical (unpaired) electrons. The normalized spacial score (nSPS) is 13.0. The molecule has 1 aliphatic rings. The highest BCUT2D eigenvalue weighted by atomic mass is 16.3. The quantitative estimate of drug-likeness (QED) is 0.168. The van der Waals surface area contributed by atoms with Crippen molar-refractivity contribution in [2.75, 3.05) is 4.90 Å². The van der Waals surface area contributed by atoms with Crippen molar-refractivity contribution in [3.8, 4) is 22.3 Å². The number of nitrogens with zero attached hydrogens (tertiary/aromatic N) is 1. The lowest BCUT2D eigenvalue weighted by atomic mass is 9.67. The lowest BCUT2D eigenvalue weighted by molar-refractivity contribution is 0.663. The van der Waals surface area contributed by atoms with Crippen LogP contribution in [-0.2, 0) is 5.41 Å². The van der Waals surface area contributed by atoms with Crippen molar-refractivity contribution < 1.29 is 8.83 Å². The van der Waals surface area contributed by atoms with Crippen LogP contribution < -0.4 is 4.90 Å². The van der Waals surface area contributed by atoms with E-state index in [0.717, 1.165) is 72.1 Å². The molecule has 0 unspecified atom stereocenters.